The van der Waals surface area contributed by atoms with E-state index in [-0.39, 0.29) is 5.56 Å². The predicted octanol–water partition coefficient (Wildman–Crippen LogP) is 4.02. The Morgan fingerprint density at radius 3 is 2.74 bits per heavy atom. The number of hydrogen-bond acceptors (Lipinski definition) is 4. The summed E-state index contributed by atoms with van der Waals surface area (Å²) in [5.74, 6) is -0.574. The van der Waals surface area contributed by atoms with Crippen molar-refractivity contribution in [3.63, 3.8) is 0 Å². The molecule has 0 amide bonds. The van der Waals surface area contributed by atoms with Crippen LogP contribution in [-0.4, -0.2) is 16.1 Å². The average molecular weight is 276 g/mol. The number of rotatable bonds is 4. The molecule has 1 heterocycles. The standard InChI is InChI=1S/C14H16N2O2S/c1-8(2)12-7-19-14(16-12)15-11-5-4-9(3)6-10(11)13(17)18/h4-8H,1-3H3,(H,15,16)(H,17,18). The number of nitrogens with zero attached hydrogens (tertiary/aromatic N) is 1. The van der Waals surface area contributed by atoms with Crippen LogP contribution in [-0.2, 0) is 0 Å². The number of thiazole rings is 1. The molecule has 4 nitrogen and oxygen atoms in total. The molecule has 1 aromatic heterocycles. The van der Waals surface area contributed by atoms with Crippen LogP contribution in [0.25, 0.3) is 0 Å². The van der Waals surface area contributed by atoms with E-state index in [9.17, 15) is 9.90 Å². The van der Waals surface area contributed by atoms with Gasteiger partial charge < -0.3 is 10.4 Å². The molecule has 5 heteroatoms. The highest BCUT2D eigenvalue weighted by Gasteiger charge is 2.12. The van der Waals surface area contributed by atoms with Gasteiger partial charge in [-0.25, -0.2) is 9.78 Å². The van der Waals surface area contributed by atoms with E-state index < -0.39 is 5.97 Å². The van der Waals surface area contributed by atoms with E-state index in [4.69, 9.17) is 0 Å². The molecule has 19 heavy (non-hydrogen) atoms. The summed E-state index contributed by atoms with van der Waals surface area (Å²) in [6.07, 6.45) is 0. The van der Waals surface area contributed by atoms with Crippen LogP contribution in [0.1, 0.15) is 41.4 Å². The van der Waals surface area contributed by atoms with Gasteiger partial charge >= 0.3 is 5.97 Å². The number of aromatic nitrogens is 1. The van der Waals surface area contributed by atoms with Crippen molar-refractivity contribution < 1.29 is 9.90 Å². The maximum atomic E-state index is 11.2. The van der Waals surface area contributed by atoms with E-state index in [1.54, 1.807) is 12.1 Å². The average Bonchev–Trinajstić information content (AvgIpc) is 2.80. The zero-order chi connectivity index (χ0) is 14.0. The smallest absolute Gasteiger partial charge is 0.337 e. The van der Waals surface area contributed by atoms with Crippen LogP contribution < -0.4 is 5.32 Å². The van der Waals surface area contributed by atoms with Crippen molar-refractivity contribution in [1.82, 2.24) is 4.98 Å². The lowest BCUT2D eigenvalue weighted by atomic mass is 10.1. The lowest BCUT2D eigenvalue weighted by molar-refractivity contribution is 0.0698. The molecule has 0 unspecified atom stereocenters. The predicted molar refractivity (Wildman–Crippen MR) is 77.6 cm³/mol. The Morgan fingerprint density at radius 1 is 1.42 bits per heavy atom. The van der Waals surface area contributed by atoms with Crippen molar-refractivity contribution in [2.75, 3.05) is 5.32 Å². The summed E-state index contributed by atoms with van der Waals surface area (Å²) in [7, 11) is 0. The monoisotopic (exact) mass is 276 g/mol. The topological polar surface area (TPSA) is 62.2 Å². The summed E-state index contributed by atoms with van der Waals surface area (Å²) in [4.78, 5) is 15.7. The first kappa shape index (κ1) is 13.5. The van der Waals surface area contributed by atoms with E-state index >= 15 is 0 Å². The highest BCUT2D eigenvalue weighted by atomic mass is 32.1. The molecule has 0 aliphatic heterocycles. The highest BCUT2D eigenvalue weighted by molar-refractivity contribution is 7.13. The molecule has 0 atom stereocenters. The van der Waals surface area contributed by atoms with Gasteiger partial charge in [0.15, 0.2) is 5.13 Å². The molecular formula is C14H16N2O2S. The number of aryl methyl sites for hydroxylation is 1. The molecule has 100 valence electrons. The molecule has 0 bridgehead atoms. The van der Waals surface area contributed by atoms with Gasteiger partial charge in [-0.1, -0.05) is 25.5 Å². The third kappa shape index (κ3) is 3.12. The molecule has 0 aliphatic rings. The summed E-state index contributed by atoms with van der Waals surface area (Å²) in [6, 6.07) is 5.31. The molecule has 2 aromatic rings. The number of nitrogens with one attached hydrogen (secondary N) is 1. The lowest BCUT2D eigenvalue weighted by Crippen LogP contribution is -2.03. The van der Waals surface area contributed by atoms with E-state index in [1.807, 2.05) is 18.4 Å². The molecular weight excluding hydrogens is 260 g/mol. The van der Waals surface area contributed by atoms with Gasteiger partial charge in [-0.15, -0.1) is 11.3 Å². The number of anilines is 2. The highest BCUT2D eigenvalue weighted by Crippen LogP contribution is 2.27. The molecule has 0 saturated heterocycles. The molecule has 2 rings (SSSR count). The fourth-order valence-electron chi connectivity index (χ4n) is 1.67. The summed E-state index contributed by atoms with van der Waals surface area (Å²) in [5.41, 5.74) is 2.77. The van der Waals surface area contributed by atoms with Crippen LogP contribution in [0.4, 0.5) is 10.8 Å². The number of carboxylic acids is 1. The maximum absolute atomic E-state index is 11.2. The molecule has 0 fully saturated rings. The number of aromatic carboxylic acids is 1. The van der Waals surface area contributed by atoms with Crippen molar-refractivity contribution in [2.45, 2.75) is 26.7 Å². The fourth-order valence-corrected chi connectivity index (χ4v) is 2.55. The summed E-state index contributed by atoms with van der Waals surface area (Å²) < 4.78 is 0. The minimum atomic E-state index is -0.938. The van der Waals surface area contributed by atoms with Gasteiger partial charge in [0, 0.05) is 5.38 Å². The van der Waals surface area contributed by atoms with Crippen molar-refractivity contribution in [3.8, 4) is 0 Å². The quantitative estimate of drug-likeness (QED) is 0.885. The van der Waals surface area contributed by atoms with Gasteiger partial charge in [0.1, 0.15) is 0 Å². The van der Waals surface area contributed by atoms with Gasteiger partial charge in [0.25, 0.3) is 0 Å². The van der Waals surface area contributed by atoms with Crippen LogP contribution >= 0.6 is 11.3 Å². The maximum Gasteiger partial charge on any atom is 0.337 e. The Bertz CT molecular complexity index is 605. The first-order valence-corrected chi connectivity index (χ1v) is 6.91. The number of benzene rings is 1. The first-order chi connectivity index (χ1) is 8.97. The van der Waals surface area contributed by atoms with Gasteiger partial charge in [0.05, 0.1) is 16.9 Å². The summed E-state index contributed by atoms with van der Waals surface area (Å²) >= 11 is 1.48. The van der Waals surface area contributed by atoms with E-state index in [1.165, 1.54) is 11.3 Å². The summed E-state index contributed by atoms with van der Waals surface area (Å²) in [5, 5.41) is 15.0. The molecule has 0 saturated carbocycles. The molecule has 0 spiro atoms. The van der Waals surface area contributed by atoms with Gasteiger partial charge in [0.2, 0.25) is 0 Å². The normalized spacial score (nSPS) is 10.7. The molecule has 1 aromatic carbocycles. The van der Waals surface area contributed by atoms with E-state index in [2.05, 4.69) is 24.1 Å². The van der Waals surface area contributed by atoms with Crippen LogP contribution in [0.5, 0.6) is 0 Å². The molecule has 0 radical (unpaired) electrons. The van der Waals surface area contributed by atoms with Crippen LogP contribution in [0.3, 0.4) is 0 Å². The Morgan fingerprint density at radius 2 is 2.16 bits per heavy atom. The number of hydrogen-bond donors (Lipinski definition) is 2. The zero-order valence-electron chi connectivity index (χ0n) is 11.1. The SMILES string of the molecule is Cc1ccc(Nc2nc(C(C)C)cs2)c(C(=O)O)c1. The minimum Gasteiger partial charge on any atom is -0.478 e. The second-order valence-corrected chi connectivity index (χ2v) is 5.57. The van der Waals surface area contributed by atoms with Crippen molar-refractivity contribution in [1.29, 1.82) is 0 Å². The molecule has 2 N–H and O–H groups in total. The molecule has 0 aliphatic carbocycles. The Balaban J connectivity index is 2.29. The number of carbonyl (C=O) groups is 1. The third-order valence-corrected chi connectivity index (χ3v) is 3.54. The fraction of sp³-hybridized carbons (Fsp3) is 0.286. The Hall–Kier alpha value is -1.88. The Labute approximate surface area is 116 Å². The largest absolute Gasteiger partial charge is 0.478 e. The second kappa shape index (κ2) is 5.40. The van der Waals surface area contributed by atoms with Gasteiger partial charge in [-0.2, -0.15) is 0 Å². The van der Waals surface area contributed by atoms with Crippen LogP contribution in [0.2, 0.25) is 0 Å². The van der Waals surface area contributed by atoms with E-state index in [0.29, 0.717) is 11.6 Å². The van der Waals surface area contributed by atoms with Gasteiger partial charge in [-0.05, 0) is 25.0 Å². The van der Waals surface area contributed by atoms with Gasteiger partial charge in [-0.3, -0.25) is 0 Å². The van der Waals surface area contributed by atoms with Crippen LogP contribution in [0, 0.1) is 6.92 Å². The van der Waals surface area contributed by atoms with Crippen molar-refractivity contribution in [3.05, 3.63) is 40.4 Å². The lowest BCUT2D eigenvalue weighted by Gasteiger charge is -2.07. The minimum absolute atomic E-state index is 0.265. The number of carboxylic acid groups (broad SMARTS) is 1. The van der Waals surface area contributed by atoms with Crippen LogP contribution in [0.15, 0.2) is 23.6 Å². The first-order valence-electron chi connectivity index (χ1n) is 6.03. The summed E-state index contributed by atoms with van der Waals surface area (Å²) in [6.45, 7) is 6.03. The Kier molecular flexibility index (Phi) is 3.85. The second-order valence-electron chi connectivity index (χ2n) is 4.71. The van der Waals surface area contributed by atoms with Crippen molar-refractivity contribution in [2.24, 2.45) is 0 Å². The van der Waals surface area contributed by atoms with Crippen molar-refractivity contribution >= 4 is 28.1 Å². The van der Waals surface area contributed by atoms with E-state index in [0.717, 1.165) is 16.4 Å². The third-order valence-electron chi connectivity index (χ3n) is 2.76. The zero-order valence-corrected chi connectivity index (χ0v) is 11.9.